The molecule has 0 saturated carbocycles. The van der Waals surface area contributed by atoms with Gasteiger partial charge in [-0.1, -0.05) is 34.6 Å². The SMILES string of the molecule is CC(C)C(N)CCN(C)C(=O)c1ccc(C(=O)NCC(C)(C)C)cc1. The molecule has 5 nitrogen and oxygen atoms in total. The lowest BCUT2D eigenvalue weighted by Gasteiger charge is -2.21. The largest absolute Gasteiger partial charge is 0.352 e. The third-order valence-corrected chi connectivity index (χ3v) is 4.17. The minimum absolute atomic E-state index is 0.0329. The van der Waals surface area contributed by atoms with Crippen molar-refractivity contribution in [3.05, 3.63) is 35.4 Å². The lowest BCUT2D eigenvalue weighted by Crippen LogP contribution is -2.34. The molecule has 0 aliphatic heterocycles. The van der Waals surface area contributed by atoms with Gasteiger partial charge in [-0.3, -0.25) is 9.59 Å². The van der Waals surface area contributed by atoms with Gasteiger partial charge in [0.2, 0.25) is 0 Å². The van der Waals surface area contributed by atoms with Crippen LogP contribution in [0.3, 0.4) is 0 Å². The zero-order chi connectivity index (χ0) is 19.2. The number of amides is 2. The van der Waals surface area contributed by atoms with Crippen LogP contribution in [-0.2, 0) is 0 Å². The molecule has 0 bridgehead atoms. The Hall–Kier alpha value is -1.88. The van der Waals surface area contributed by atoms with Gasteiger partial charge in [0, 0.05) is 37.3 Å². The Balaban J connectivity index is 2.62. The van der Waals surface area contributed by atoms with Crippen LogP contribution in [0.2, 0.25) is 0 Å². The summed E-state index contributed by atoms with van der Waals surface area (Å²) >= 11 is 0. The van der Waals surface area contributed by atoms with E-state index in [9.17, 15) is 9.59 Å². The maximum atomic E-state index is 12.4. The molecule has 0 saturated heterocycles. The molecule has 1 aromatic rings. The lowest BCUT2D eigenvalue weighted by atomic mass is 9.97. The molecule has 3 N–H and O–H groups in total. The monoisotopic (exact) mass is 347 g/mol. The highest BCUT2D eigenvalue weighted by Gasteiger charge is 2.16. The molecule has 0 spiro atoms. The molecule has 140 valence electrons. The Morgan fingerprint density at radius 3 is 2.12 bits per heavy atom. The molecule has 1 aromatic carbocycles. The number of hydrogen-bond acceptors (Lipinski definition) is 3. The van der Waals surface area contributed by atoms with Gasteiger partial charge >= 0.3 is 0 Å². The van der Waals surface area contributed by atoms with Gasteiger partial charge in [0.1, 0.15) is 0 Å². The number of hydrogen-bond donors (Lipinski definition) is 2. The number of nitrogens with zero attached hydrogens (tertiary/aromatic N) is 1. The van der Waals surface area contributed by atoms with E-state index in [1.807, 2.05) is 0 Å². The van der Waals surface area contributed by atoms with Gasteiger partial charge in [-0.15, -0.1) is 0 Å². The number of benzene rings is 1. The standard InChI is InChI=1S/C20H33N3O2/c1-14(2)17(21)11-12-23(6)19(25)16-9-7-15(8-10-16)18(24)22-13-20(3,4)5/h7-10,14,17H,11-13,21H2,1-6H3,(H,22,24). The fourth-order valence-electron chi connectivity index (χ4n) is 2.21. The Morgan fingerprint density at radius 2 is 1.64 bits per heavy atom. The summed E-state index contributed by atoms with van der Waals surface area (Å²) in [5, 5.41) is 2.91. The molecule has 0 heterocycles. The highest BCUT2D eigenvalue weighted by atomic mass is 16.2. The summed E-state index contributed by atoms with van der Waals surface area (Å²) in [4.78, 5) is 26.3. The first kappa shape index (κ1) is 21.2. The van der Waals surface area contributed by atoms with Crippen molar-refractivity contribution in [2.75, 3.05) is 20.1 Å². The summed E-state index contributed by atoms with van der Waals surface area (Å²) in [6, 6.07) is 6.88. The van der Waals surface area contributed by atoms with E-state index >= 15 is 0 Å². The summed E-state index contributed by atoms with van der Waals surface area (Å²) in [6.07, 6.45) is 0.771. The van der Waals surface area contributed by atoms with E-state index in [-0.39, 0.29) is 23.3 Å². The summed E-state index contributed by atoms with van der Waals surface area (Å²) < 4.78 is 0. The van der Waals surface area contributed by atoms with Crippen LogP contribution in [-0.4, -0.2) is 42.9 Å². The topological polar surface area (TPSA) is 75.4 Å². The van der Waals surface area contributed by atoms with Crippen LogP contribution in [0.4, 0.5) is 0 Å². The van der Waals surface area contributed by atoms with Crippen molar-refractivity contribution in [1.82, 2.24) is 10.2 Å². The molecular formula is C20H33N3O2. The second kappa shape index (κ2) is 8.99. The molecule has 1 atom stereocenters. The molecule has 0 aliphatic carbocycles. The van der Waals surface area contributed by atoms with Crippen molar-refractivity contribution in [3.8, 4) is 0 Å². The first-order valence-corrected chi connectivity index (χ1v) is 8.90. The second-order valence-corrected chi connectivity index (χ2v) is 8.24. The van der Waals surface area contributed by atoms with E-state index in [0.717, 1.165) is 6.42 Å². The summed E-state index contributed by atoms with van der Waals surface area (Å²) in [7, 11) is 1.78. The molecule has 2 amide bonds. The van der Waals surface area contributed by atoms with E-state index in [1.165, 1.54) is 0 Å². The van der Waals surface area contributed by atoms with Crippen LogP contribution in [0, 0.1) is 11.3 Å². The number of carbonyl (C=O) groups is 2. The maximum Gasteiger partial charge on any atom is 0.253 e. The van der Waals surface area contributed by atoms with Crippen molar-refractivity contribution < 1.29 is 9.59 Å². The van der Waals surface area contributed by atoms with E-state index in [2.05, 4.69) is 39.9 Å². The fourth-order valence-corrected chi connectivity index (χ4v) is 2.21. The number of carbonyl (C=O) groups excluding carboxylic acids is 2. The minimum atomic E-state index is -0.120. The second-order valence-electron chi connectivity index (χ2n) is 8.24. The minimum Gasteiger partial charge on any atom is -0.352 e. The number of nitrogens with two attached hydrogens (primary N) is 1. The summed E-state index contributed by atoms with van der Waals surface area (Å²) in [5.74, 6) is 0.220. The third-order valence-electron chi connectivity index (χ3n) is 4.17. The Labute approximate surface area is 152 Å². The zero-order valence-corrected chi connectivity index (χ0v) is 16.4. The average molecular weight is 348 g/mol. The predicted molar refractivity (Wildman–Crippen MR) is 103 cm³/mol. The molecule has 0 aliphatic rings. The lowest BCUT2D eigenvalue weighted by molar-refractivity contribution is 0.0788. The molecule has 0 fully saturated rings. The highest BCUT2D eigenvalue weighted by molar-refractivity contribution is 5.97. The van der Waals surface area contributed by atoms with Crippen molar-refractivity contribution in [2.45, 2.75) is 47.1 Å². The first-order chi connectivity index (χ1) is 11.5. The molecule has 1 unspecified atom stereocenters. The molecule has 5 heteroatoms. The normalized spacial score (nSPS) is 12.8. The first-order valence-electron chi connectivity index (χ1n) is 8.90. The van der Waals surface area contributed by atoms with Crippen LogP contribution in [0.15, 0.2) is 24.3 Å². The van der Waals surface area contributed by atoms with Gasteiger partial charge in [0.25, 0.3) is 11.8 Å². The zero-order valence-electron chi connectivity index (χ0n) is 16.4. The van der Waals surface area contributed by atoms with Crippen LogP contribution in [0.5, 0.6) is 0 Å². The molecular weight excluding hydrogens is 314 g/mol. The van der Waals surface area contributed by atoms with Gasteiger partial charge in [-0.2, -0.15) is 0 Å². The van der Waals surface area contributed by atoms with E-state index < -0.39 is 0 Å². The van der Waals surface area contributed by atoms with Gasteiger partial charge in [-0.05, 0) is 42.0 Å². The molecule has 0 aromatic heterocycles. The van der Waals surface area contributed by atoms with Gasteiger partial charge < -0.3 is 16.0 Å². The third kappa shape index (κ3) is 7.26. The van der Waals surface area contributed by atoms with Gasteiger partial charge in [0.15, 0.2) is 0 Å². The van der Waals surface area contributed by atoms with E-state index in [1.54, 1.807) is 36.2 Å². The van der Waals surface area contributed by atoms with Crippen molar-refractivity contribution in [2.24, 2.45) is 17.1 Å². The van der Waals surface area contributed by atoms with Crippen molar-refractivity contribution in [1.29, 1.82) is 0 Å². The smallest absolute Gasteiger partial charge is 0.253 e. The molecule has 0 radical (unpaired) electrons. The van der Waals surface area contributed by atoms with Crippen LogP contribution in [0.1, 0.15) is 61.8 Å². The molecule has 1 rings (SSSR count). The summed E-state index contributed by atoms with van der Waals surface area (Å²) in [5.41, 5.74) is 7.20. The Morgan fingerprint density at radius 1 is 1.12 bits per heavy atom. The van der Waals surface area contributed by atoms with Crippen LogP contribution >= 0.6 is 0 Å². The average Bonchev–Trinajstić information content (AvgIpc) is 2.55. The Bertz CT molecular complexity index is 574. The number of rotatable bonds is 7. The van der Waals surface area contributed by atoms with Crippen molar-refractivity contribution >= 4 is 11.8 Å². The summed E-state index contributed by atoms with van der Waals surface area (Å²) in [6.45, 7) is 11.6. The van der Waals surface area contributed by atoms with E-state index in [4.69, 9.17) is 5.73 Å². The van der Waals surface area contributed by atoms with Crippen LogP contribution in [0.25, 0.3) is 0 Å². The van der Waals surface area contributed by atoms with E-state index in [0.29, 0.717) is 30.1 Å². The number of nitrogens with one attached hydrogen (secondary N) is 1. The van der Waals surface area contributed by atoms with Gasteiger partial charge in [0.05, 0.1) is 0 Å². The van der Waals surface area contributed by atoms with Crippen molar-refractivity contribution in [3.63, 3.8) is 0 Å². The predicted octanol–water partition coefficient (Wildman–Crippen LogP) is 2.91. The Kier molecular flexibility index (Phi) is 7.61. The highest BCUT2D eigenvalue weighted by Crippen LogP contribution is 2.12. The maximum absolute atomic E-state index is 12.4. The van der Waals surface area contributed by atoms with Crippen LogP contribution < -0.4 is 11.1 Å². The quantitative estimate of drug-likeness (QED) is 0.796. The molecule has 25 heavy (non-hydrogen) atoms. The van der Waals surface area contributed by atoms with Gasteiger partial charge in [-0.25, -0.2) is 0 Å². The fraction of sp³-hybridized carbons (Fsp3) is 0.600.